The molecule has 0 saturated carbocycles. The number of fused-ring (bicyclic) bond motifs is 6. The van der Waals surface area contributed by atoms with Crippen molar-refractivity contribution in [1.82, 2.24) is 0 Å². The average Bonchev–Trinajstić information content (AvgIpc) is 3.30. The molecule has 6 rings (SSSR count). The van der Waals surface area contributed by atoms with Crippen LogP contribution in [0.4, 0.5) is 0 Å². The third kappa shape index (κ3) is 2.22. The van der Waals surface area contributed by atoms with Gasteiger partial charge in [0.1, 0.15) is 0 Å². The molecule has 2 aliphatic rings. The van der Waals surface area contributed by atoms with E-state index in [-0.39, 0.29) is 5.97 Å². The highest BCUT2D eigenvalue weighted by atomic mass is 16.5. The second-order valence-corrected chi connectivity index (χ2v) is 7.64. The van der Waals surface area contributed by atoms with Crippen molar-refractivity contribution >= 4 is 17.1 Å². The maximum absolute atomic E-state index is 12.3. The van der Waals surface area contributed by atoms with Gasteiger partial charge < -0.3 is 4.74 Å². The first-order valence-electron chi connectivity index (χ1n) is 10.0. The van der Waals surface area contributed by atoms with Crippen LogP contribution in [0.3, 0.4) is 0 Å². The largest absolute Gasteiger partial charge is 0.465 e. The lowest BCUT2D eigenvalue weighted by Crippen LogP contribution is -2.01. The lowest BCUT2D eigenvalue weighted by Gasteiger charge is -2.12. The predicted molar refractivity (Wildman–Crippen MR) is 120 cm³/mol. The number of hydrogen-bond acceptors (Lipinski definition) is 2. The number of methoxy groups -OCH3 is 1. The van der Waals surface area contributed by atoms with Gasteiger partial charge in [0.05, 0.1) is 12.7 Å². The van der Waals surface area contributed by atoms with E-state index in [9.17, 15) is 4.79 Å². The van der Waals surface area contributed by atoms with Crippen LogP contribution in [-0.4, -0.2) is 13.1 Å². The zero-order valence-electron chi connectivity index (χ0n) is 16.5. The van der Waals surface area contributed by atoms with E-state index in [1.54, 1.807) is 0 Å². The molecule has 0 aromatic heterocycles. The summed E-state index contributed by atoms with van der Waals surface area (Å²) in [6.45, 7) is 0. The van der Waals surface area contributed by atoms with Gasteiger partial charge in [-0.15, -0.1) is 0 Å². The fourth-order valence-corrected chi connectivity index (χ4v) is 4.87. The van der Waals surface area contributed by atoms with Crippen LogP contribution in [0, 0.1) is 0 Å². The van der Waals surface area contributed by atoms with Gasteiger partial charge in [-0.3, -0.25) is 0 Å². The van der Waals surface area contributed by atoms with Crippen LogP contribution < -0.4 is 0 Å². The first-order valence-corrected chi connectivity index (χ1v) is 10.0. The molecule has 4 aromatic rings. The van der Waals surface area contributed by atoms with Crippen LogP contribution >= 0.6 is 0 Å². The summed E-state index contributed by atoms with van der Waals surface area (Å²) in [5.41, 5.74) is 12.6. The molecule has 0 saturated heterocycles. The molecule has 2 nitrogen and oxygen atoms in total. The number of benzene rings is 4. The molecule has 0 amide bonds. The van der Waals surface area contributed by atoms with Gasteiger partial charge in [0.15, 0.2) is 0 Å². The summed E-state index contributed by atoms with van der Waals surface area (Å²) < 4.78 is 4.99. The van der Waals surface area contributed by atoms with Crippen LogP contribution in [0.25, 0.3) is 33.4 Å². The van der Waals surface area contributed by atoms with Gasteiger partial charge in [-0.25, -0.2) is 4.79 Å². The van der Waals surface area contributed by atoms with Gasteiger partial charge in [-0.1, -0.05) is 78.9 Å². The van der Waals surface area contributed by atoms with Crippen LogP contribution in [0.2, 0.25) is 0 Å². The number of carbonyl (C=O) groups excluding carboxylic acids is 1. The summed E-state index contributed by atoms with van der Waals surface area (Å²) in [5, 5.41) is 0. The molecule has 2 aliphatic carbocycles. The Balaban J connectivity index is 1.76. The first kappa shape index (κ1) is 17.0. The predicted octanol–water partition coefficient (Wildman–Crippen LogP) is 6.44. The zero-order chi connectivity index (χ0) is 20.2. The molecule has 0 unspecified atom stereocenters. The molecular formula is C28H18O2. The van der Waals surface area contributed by atoms with Crippen LogP contribution in [-0.2, 0) is 4.74 Å². The number of esters is 1. The van der Waals surface area contributed by atoms with Gasteiger partial charge in [-0.2, -0.15) is 0 Å². The Morgan fingerprint density at radius 3 is 1.40 bits per heavy atom. The monoisotopic (exact) mass is 386 g/mol. The molecule has 142 valence electrons. The van der Waals surface area contributed by atoms with Crippen LogP contribution in [0.1, 0.15) is 32.6 Å². The van der Waals surface area contributed by atoms with Crippen molar-refractivity contribution in [1.29, 1.82) is 0 Å². The standard InChI is InChI=1S/C28H18O2/c1-30-28(29)17-14-15-21-20-10-4-7-13-24(20)27(25(21)16-17)26-22-11-5-2-8-18(22)19-9-3-6-12-23(19)26/h2-16H,1H3. The third-order valence-corrected chi connectivity index (χ3v) is 6.13. The fraction of sp³-hybridized carbons (Fsp3) is 0.0357. The van der Waals surface area contributed by atoms with Crippen molar-refractivity contribution < 1.29 is 9.53 Å². The summed E-state index contributed by atoms with van der Waals surface area (Å²) in [5.74, 6) is -0.315. The summed E-state index contributed by atoms with van der Waals surface area (Å²) in [7, 11) is 1.42. The molecule has 0 spiro atoms. The maximum atomic E-state index is 12.3. The van der Waals surface area contributed by atoms with Gasteiger partial charge in [0.2, 0.25) is 0 Å². The van der Waals surface area contributed by atoms with Crippen molar-refractivity contribution in [2.45, 2.75) is 0 Å². The highest BCUT2D eigenvalue weighted by Crippen LogP contribution is 2.54. The van der Waals surface area contributed by atoms with Crippen molar-refractivity contribution in [3.8, 4) is 22.3 Å². The summed E-state index contributed by atoms with van der Waals surface area (Å²) in [6.07, 6.45) is 0. The molecule has 0 bridgehead atoms. The summed E-state index contributed by atoms with van der Waals surface area (Å²) in [4.78, 5) is 12.3. The van der Waals surface area contributed by atoms with Gasteiger partial charge >= 0.3 is 5.97 Å². The second-order valence-electron chi connectivity index (χ2n) is 7.64. The molecule has 0 aliphatic heterocycles. The van der Waals surface area contributed by atoms with E-state index < -0.39 is 0 Å². The Morgan fingerprint density at radius 1 is 0.533 bits per heavy atom. The quantitative estimate of drug-likeness (QED) is 0.304. The molecule has 30 heavy (non-hydrogen) atoms. The van der Waals surface area contributed by atoms with Crippen molar-refractivity contribution in [3.63, 3.8) is 0 Å². The minimum absolute atomic E-state index is 0.315. The minimum Gasteiger partial charge on any atom is -0.465 e. The van der Waals surface area contributed by atoms with E-state index in [0.717, 1.165) is 11.1 Å². The maximum Gasteiger partial charge on any atom is 0.337 e. The van der Waals surface area contributed by atoms with E-state index in [0.29, 0.717) is 5.56 Å². The fourth-order valence-electron chi connectivity index (χ4n) is 4.87. The minimum atomic E-state index is -0.315. The normalized spacial score (nSPS) is 12.8. The lowest BCUT2D eigenvalue weighted by molar-refractivity contribution is 0.0600. The highest BCUT2D eigenvalue weighted by Gasteiger charge is 2.32. The SMILES string of the molecule is COC(=O)c1ccc2c(c1)C(=C1c3ccccc3-c3ccccc31)c1ccccc1-2. The van der Waals surface area contributed by atoms with E-state index in [1.165, 1.54) is 51.6 Å². The number of ether oxygens (including phenoxy) is 1. The number of rotatable bonds is 1. The molecule has 2 heteroatoms. The molecule has 0 heterocycles. The van der Waals surface area contributed by atoms with Crippen molar-refractivity contribution in [3.05, 3.63) is 119 Å². The Hall–Kier alpha value is -3.91. The average molecular weight is 386 g/mol. The van der Waals surface area contributed by atoms with Crippen LogP contribution in [0.5, 0.6) is 0 Å². The van der Waals surface area contributed by atoms with Gasteiger partial charge in [0.25, 0.3) is 0 Å². The van der Waals surface area contributed by atoms with Crippen LogP contribution in [0.15, 0.2) is 91.0 Å². The Morgan fingerprint density at radius 2 is 0.933 bits per heavy atom. The third-order valence-electron chi connectivity index (χ3n) is 6.13. The van der Waals surface area contributed by atoms with E-state index in [2.05, 4.69) is 72.8 Å². The number of hydrogen-bond donors (Lipinski definition) is 0. The van der Waals surface area contributed by atoms with Crippen molar-refractivity contribution in [2.75, 3.05) is 7.11 Å². The molecule has 0 fully saturated rings. The second kappa shape index (κ2) is 6.30. The first-order chi connectivity index (χ1) is 14.8. The van der Waals surface area contributed by atoms with Gasteiger partial charge in [0, 0.05) is 0 Å². The lowest BCUT2D eigenvalue weighted by atomic mass is 9.91. The smallest absolute Gasteiger partial charge is 0.337 e. The highest BCUT2D eigenvalue weighted by molar-refractivity contribution is 6.19. The Labute approximate surface area is 175 Å². The molecule has 0 radical (unpaired) electrons. The number of carbonyl (C=O) groups is 1. The summed E-state index contributed by atoms with van der Waals surface area (Å²) in [6, 6.07) is 31.5. The Kier molecular flexibility index (Phi) is 3.57. The van der Waals surface area contributed by atoms with Crippen molar-refractivity contribution in [2.24, 2.45) is 0 Å². The van der Waals surface area contributed by atoms with Gasteiger partial charge in [-0.05, 0) is 67.8 Å². The molecular weight excluding hydrogens is 368 g/mol. The van der Waals surface area contributed by atoms with E-state index in [1.807, 2.05) is 18.2 Å². The van der Waals surface area contributed by atoms with E-state index >= 15 is 0 Å². The topological polar surface area (TPSA) is 26.3 Å². The van der Waals surface area contributed by atoms with E-state index in [4.69, 9.17) is 4.74 Å². The molecule has 0 N–H and O–H groups in total. The Bertz CT molecular complexity index is 1340. The zero-order valence-corrected chi connectivity index (χ0v) is 16.5. The molecule has 0 atom stereocenters. The summed E-state index contributed by atoms with van der Waals surface area (Å²) >= 11 is 0. The molecule has 4 aromatic carbocycles.